The van der Waals surface area contributed by atoms with E-state index >= 15 is 0 Å². The molecule has 0 fully saturated rings. The minimum absolute atomic E-state index is 0.0416. The molecule has 0 heterocycles. The molecule has 0 bridgehead atoms. The van der Waals surface area contributed by atoms with Gasteiger partial charge in [-0.25, -0.2) is 0 Å². The summed E-state index contributed by atoms with van der Waals surface area (Å²) in [6, 6.07) is 17.2. The maximum atomic E-state index is 10.1. The topological polar surface area (TPSA) is 55.5 Å². The lowest BCUT2D eigenvalue weighted by Crippen LogP contribution is -2.14. The van der Waals surface area contributed by atoms with Gasteiger partial charge in [0.2, 0.25) is 0 Å². The van der Waals surface area contributed by atoms with Crippen LogP contribution in [0.25, 0.3) is 0 Å². The molecule has 2 aromatic carbocycles. The minimum Gasteiger partial charge on any atom is -0.490 e. The van der Waals surface area contributed by atoms with E-state index in [0.717, 1.165) is 23.3 Å². The van der Waals surface area contributed by atoms with E-state index in [2.05, 4.69) is 0 Å². The summed E-state index contributed by atoms with van der Waals surface area (Å²) in [5, 5.41) is 10.1. The summed E-state index contributed by atoms with van der Waals surface area (Å²) < 4.78 is 5.75. The van der Waals surface area contributed by atoms with Crippen LogP contribution in [0, 0.1) is 0 Å². The van der Waals surface area contributed by atoms with Gasteiger partial charge in [0.15, 0.2) is 0 Å². The highest BCUT2D eigenvalue weighted by atomic mass is 16.5. The summed E-state index contributed by atoms with van der Waals surface area (Å²) in [5.74, 6) is 0.747. The number of aliphatic hydroxyl groups excluding tert-OH is 1. The van der Waals surface area contributed by atoms with Gasteiger partial charge in [-0.3, -0.25) is 0 Å². The molecule has 0 aliphatic carbocycles. The molecule has 0 spiro atoms. The van der Waals surface area contributed by atoms with Crippen LogP contribution < -0.4 is 10.5 Å². The van der Waals surface area contributed by atoms with E-state index in [-0.39, 0.29) is 12.6 Å². The Morgan fingerprint density at radius 1 is 1.05 bits per heavy atom. The number of rotatable bonds is 6. The molecule has 0 aliphatic rings. The lowest BCUT2D eigenvalue weighted by Gasteiger charge is -2.17. The second kappa shape index (κ2) is 7.08. The van der Waals surface area contributed by atoms with Crippen LogP contribution >= 0.6 is 0 Å². The van der Waals surface area contributed by atoms with Crippen LogP contribution in [0.15, 0.2) is 54.6 Å². The second-order valence-electron chi connectivity index (χ2n) is 4.79. The molecule has 0 radical (unpaired) electrons. The molecule has 0 saturated carbocycles. The van der Waals surface area contributed by atoms with E-state index in [4.69, 9.17) is 10.5 Å². The van der Waals surface area contributed by atoms with E-state index in [1.54, 1.807) is 0 Å². The first-order valence-electron chi connectivity index (χ1n) is 6.92. The largest absolute Gasteiger partial charge is 0.490 e. The quantitative estimate of drug-likeness (QED) is 0.848. The lowest BCUT2D eigenvalue weighted by atomic mass is 10.0. The molecule has 1 unspecified atom stereocenters. The number of ether oxygens (including phenoxy) is 1. The fourth-order valence-electron chi connectivity index (χ4n) is 2.08. The van der Waals surface area contributed by atoms with Crippen LogP contribution in [0.2, 0.25) is 0 Å². The molecule has 0 saturated heterocycles. The predicted octanol–water partition coefficient (Wildman–Crippen LogP) is 3.21. The fraction of sp³-hybridized carbons (Fsp3) is 0.294. The number of nitrogens with two attached hydrogens (primary N) is 1. The third-order valence-corrected chi connectivity index (χ3v) is 3.34. The van der Waals surface area contributed by atoms with Crippen molar-refractivity contribution in [2.24, 2.45) is 5.73 Å². The Kier molecular flexibility index (Phi) is 5.16. The standard InChI is InChI=1S/C17H21NO2/c1-2-15(18)14-10-6-7-11-17(14)20-12-16(19)13-8-4-3-5-9-13/h3-11,15-16,19H,2,12,18H2,1H3/t15-,16?/m0/s1. The summed E-state index contributed by atoms with van der Waals surface area (Å²) in [4.78, 5) is 0. The van der Waals surface area contributed by atoms with Gasteiger partial charge in [-0.15, -0.1) is 0 Å². The Hall–Kier alpha value is -1.84. The van der Waals surface area contributed by atoms with Crippen molar-refractivity contribution in [1.82, 2.24) is 0 Å². The van der Waals surface area contributed by atoms with E-state index < -0.39 is 6.10 Å². The summed E-state index contributed by atoms with van der Waals surface area (Å²) in [6.07, 6.45) is 0.212. The Bertz CT molecular complexity index is 528. The Morgan fingerprint density at radius 2 is 1.70 bits per heavy atom. The molecule has 2 atom stereocenters. The maximum Gasteiger partial charge on any atom is 0.124 e. The van der Waals surface area contributed by atoms with Gasteiger partial charge in [0.05, 0.1) is 0 Å². The van der Waals surface area contributed by atoms with Crippen LogP contribution in [-0.2, 0) is 0 Å². The van der Waals surface area contributed by atoms with E-state index in [1.807, 2.05) is 61.5 Å². The monoisotopic (exact) mass is 271 g/mol. The van der Waals surface area contributed by atoms with Crippen LogP contribution in [0.4, 0.5) is 0 Å². The average Bonchev–Trinajstić information content (AvgIpc) is 2.53. The van der Waals surface area contributed by atoms with Crippen LogP contribution in [0.5, 0.6) is 5.75 Å². The van der Waals surface area contributed by atoms with Gasteiger partial charge in [0, 0.05) is 11.6 Å². The zero-order valence-electron chi connectivity index (χ0n) is 11.7. The fourth-order valence-corrected chi connectivity index (χ4v) is 2.08. The van der Waals surface area contributed by atoms with Crippen molar-refractivity contribution in [3.8, 4) is 5.75 Å². The highest BCUT2D eigenvalue weighted by Gasteiger charge is 2.12. The van der Waals surface area contributed by atoms with Crippen molar-refractivity contribution < 1.29 is 9.84 Å². The van der Waals surface area contributed by atoms with Crippen LogP contribution in [-0.4, -0.2) is 11.7 Å². The van der Waals surface area contributed by atoms with Gasteiger partial charge in [-0.1, -0.05) is 55.5 Å². The zero-order chi connectivity index (χ0) is 14.4. The molecule has 0 aliphatic heterocycles. The van der Waals surface area contributed by atoms with Crippen molar-refractivity contribution in [2.75, 3.05) is 6.61 Å². The van der Waals surface area contributed by atoms with Crippen LogP contribution in [0.3, 0.4) is 0 Å². The number of aliphatic hydroxyl groups is 1. The van der Waals surface area contributed by atoms with Crippen molar-refractivity contribution >= 4 is 0 Å². The van der Waals surface area contributed by atoms with Gasteiger partial charge in [-0.05, 0) is 18.1 Å². The first kappa shape index (κ1) is 14.6. The molecule has 3 heteroatoms. The van der Waals surface area contributed by atoms with Gasteiger partial charge < -0.3 is 15.6 Å². The normalized spacial score (nSPS) is 13.8. The Labute approximate surface area is 120 Å². The van der Waals surface area contributed by atoms with Gasteiger partial charge in [0.1, 0.15) is 18.5 Å². The molecule has 0 aromatic heterocycles. The molecule has 2 aromatic rings. The molecular weight excluding hydrogens is 250 g/mol. The van der Waals surface area contributed by atoms with Crippen LogP contribution in [0.1, 0.15) is 36.6 Å². The first-order valence-corrected chi connectivity index (χ1v) is 6.92. The average molecular weight is 271 g/mol. The summed E-state index contributed by atoms with van der Waals surface area (Å²) in [7, 11) is 0. The SMILES string of the molecule is CC[C@H](N)c1ccccc1OCC(O)c1ccccc1. The summed E-state index contributed by atoms with van der Waals surface area (Å²) in [6.45, 7) is 2.26. The highest BCUT2D eigenvalue weighted by molar-refractivity contribution is 5.35. The predicted molar refractivity (Wildman–Crippen MR) is 80.6 cm³/mol. The Morgan fingerprint density at radius 3 is 2.40 bits per heavy atom. The second-order valence-corrected chi connectivity index (χ2v) is 4.79. The molecule has 2 rings (SSSR count). The van der Waals surface area contributed by atoms with E-state index in [0.29, 0.717) is 0 Å². The van der Waals surface area contributed by atoms with Crippen molar-refractivity contribution in [3.63, 3.8) is 0 Å². The molecule has 106 valence electrons. The molecule has 20 heavy (non-hydrogen) atoms. The van der Waals surface area contributed by atoms with Crippen molar-refractivity contribution in [1.29, 1.82) is 0 Å². The van der Waals surface area contributed by atoms with E-state index in [9.17, 15) is 5.11 Å². The smallest absolute Gasteiger partial charge is 0.124 e. The van der Waals surface area contributed by atoms with Gasteiger partial charge >= 0.3 is 0 Å². The third kappa shape index (κ3) is 3.59. The minimum atomic E-state index is -0.637. The third-order valence-electron chi connectivity index (χ3n) is 3.34. The number of hydrogen-bond donors (Lipinski definition) is 2. The van der Waals surface area contributed by atoms with Crippen molar-refractivity contribution in [2.45, 2.75) is 25.5 Å². The molecular formula is C17H21NO2. The first-order chi connectivity index (χ1) is 9.72. The Balaban J connectivity index is 2.04. The van der Waals surface area contributed by atoms with Crippen molar-refractivity contribution in [3.05, 3.63) is 65.7 Å². The zero-order valence-corrected chi connectivity index (χ0v) is 11.7. The molecule has 0 amide bonds. The lowest BCUT2D eigenvalue weighted by molar-refractivity contribution is 0.107. The molecule has 3 N–H and O–H groups in total. The van der Waals surface area contributed by atoms with Gasteiger partial charge in [-0.2, -0.15) is 0 Å². The summed E-state index contributed by atoms with van der Waals surface area (Å²) in [5.41, 5.74) is 7.90. The summed E-state index contributed by atoms with van der Waals surface area (Å²) >= 11 is 0. The maximum absolute atomic E-state index is 10.1. The van der Waals surface area contributed by atoms with E-state index in [1.165, 1.54) is 0 Å². The number of para-hydroxylation sites is 1. The number of hydrogen-bond acceptors (Lipinski definition) is 3. The highest BCUT2D eigenvalue weighted by Crippen LogP contribution is 2.26. The molecule has 3 nitrogen and oxygen atoms in total. The number of benzene rings is 2. The van der Waals surface area contributed by atoms with Gasteiger partial charge in [0.25, 0.3) is 0 Å².